The van der Waals surface area contributed by atoms with E-state index in [4.69, 9.17) is 0 Å². The quantitative estimate of drug-likeness (QED) is 0.651. The number of fused-ring (bicyclic) bond motifs is 1. The zero-order valence-corrected chi connectivity index (χ0v) is 13.2. The summed E-state index contributed by atoms with van der Waals surface area (Å²) in [4.78, 5) is 0. The van der Waals surface area contributed by atoms with E-state index in [2.05, 4.69) is 52.8 Å². The molecule has 0 aromatic heterocycles. The van der Waals surface area contributed by atoms with Gasteiger partial charge >= 0.3 is 0 Å². The summed E-state index contributed by atoms with van der Waals surface area (Å²) in [5.41, 5.74) is 5.55. The lowest BCUT2D eigenvalue weighted by atomic mass is 9.63. The number of hydrogen-bond donors (Lipinski definition) is 0. The predicted octanol–water partition coefficient (Wildman–Crippen LogP) is 5.55. The minimum Gasteiger partial charge on any atom is -0.0651 e. The number of rotatable bonds is 2. The highest BCUT2D eigenvalue weighted by molar-refractivity contribution is 5.45. The summed E-state index contributed by atoms with van der Waals surface area (Å²) in [6.45, 7) is 12.0. The van der Waals surface area contributed by atoms with E-state index in [9.17, 15) is 0 Å². The van der Waals surface area contributed by atoms with Gasteiger partial charge in [0.25, 0.3) is 0 Å². The third kappa shape index (κ3) is 2.14. The fourth-order valence-corrected chi connectivity index (χ4v) is 3.94. The first kappa shape index (κ1) is 13.2. The second kappa shape index (κ2) is 4.11. The molecule has 0 aliphatic heterocycles. The molecule has 0 spiro atoms. The largest absolute Gasteiger partial charge is 0.0651 e. The normalized spacial score (nSPS) is 30.8. The van der Waals surface area contributed by atoms with Crippen molar-refractivity contribution < 1.29 is 0 Å². The van der Waals surface area contributed by atoms with Crippen molar-refractivity contribution in [2.45, 2.75) is 77.0 Å². The third-order valence-electron chi connectivity index (χ3n) is 5.75. The molecule has 1 aromatic rings. The average molecular weight is 256 g/mol. The fourth-order valence-electron chi connectivity index (χ4n) is 3.94. The van der Waals surface area contributed by atoms with E-state index in [1.165, 1.54) is 25.7 Å². The van der Waals surface area contributed by atoms with Crippen LogP contribution in [0.25, 0.3) is 0 Å². The summed E-state index contributed by atoms with van der Waals surface area (Å²) in [6, 6.07) is 7.41. The van der Waals surface area contributed by atoms with Crippen LogP contribution in [0.15, 0.2) is 18.2 Å². The maximum Gasteiger partial charge on any atom is -0.0100 e. The topological polar surface area (TPSA) is 0 Å². The molecule has 0 radical (unpaired) electrons. The smallest absolute Gasteiger partial charge is 0.0100 e. The van der Waals surface area contributed by atoms with Crippen molar-refractivity contribution in [2.75, 3.05) is 0 Å². The predicted molar refractivity (Wildman–Crippen MR) is 82.9 cm³/mol. The lowest BCUT2D eigenvalue weighted by Gasteiger charge is -2.42. The Kier molecular flexibility index (Phi) is 2.86. The van der Waals surface area contributed by atoms with Crippen molar-refractivity contribution in [2.24, 2.45) is 5.92 Å². The maximum absolute atomic E-state index is 2.55. The van der Waals surface area contributed by atoms with Crippen molar-refractivity contribution in [3.05, 3.63) is 34.9 Å². The average Bonchev–Trinajstić information content (AvgIpc) is 3.14. The van der Waals surface area contributed by atoms with Crippen LogP contribution in [-0.2, 0) is 10.8 Å². The second-order valence-corrected chi connectivity index (χ2v) is 8.08. The first-order chi connectivity index (χ1) is 8.85. The molecule has 0 bridgehead atoms. The molecular formula is C19H28. The van der Waals surface area contributed by atoms with Gasteiger partial charge in [-0.25, -0.2) is 0 Å². The molecule has 1 saturated carbocycles. The molecule has 1 fully saturated rings. The van der Waals surface area contributed by atoms with Crippen LogP contribution in [0.1, 0.15) is 82.9 Å². The van der Waals surface area contributed by atoms with Gasteiger partial charge in [-0.1, -0.05) is 59.2 Å². The standard InChI is InChI=1S/C19H28/c1-6-13-11-15(13)14-7-8-16-17(12-14)19(4,5)10-9-18(16,2)3/h7-8,12-13,15H,6,9-11H2,1-5H3. The van der Waals surface area contributed by atoms with Crippen molar-refractivity contribution in [3.63, 3.8) is 0 Å². The highest BCUT2D eigenvalue weighted by Crippen LogP contribution is 2.52. The molecule has 0 N–H and O–H groups in total. The molecule has 3 rings (SSSR count). The number of benzene rings is 1. The Labute approximate surface area is 118 Å². The van der Waals surface area contributed by atoms with E-state index in [1.54, 1.807) is 16.7 Å². The molecule has 0 heteroatoms. The Morgan fingerprint density at radius 2 is 1.63 bits per heavy atom. The molecule has 0 heterocycles. The van der Waals surface area contributed by atoms with Crippen molar-refractivity contribution >= 4 is 0 Å². The second-order valence-electron chi connectivity index (χ2n) is 8.08. The zero-order valence-electron chi connectivity index (χ0n) is 13.2. The molecule has 2 aliphatic carbocycles. The minimum absolute atomic E-state index is 0.358. The van der Waals surface area contributed by atoms with Gasteiger partial charge in [0.15, 0.2) is 0 Å². The Morgan fingerprint density at radius 3 is 2.21 bits per heavy atom. The van der Waals surface area contributed by atoms with Gasteiger partial charge in [0.05, 0.1) is 0 Å². The summed E-state index contributed by atoms with van der Waals surface area (Å²) in [5.74, 6) is 1.81. The van der Waals surface area contributed by atoms with Crippen LogP contribution in [0.5, 0.6) is 0 Å². The van der Waals surface area contributed by atoms with Gasteiger partial charge in [0.1, 0.15) is 0 Å². The Hall–Kier alpha value is -0.780. The van der Waals surface area contributed by atoms with Crippen LogP contribution < -0.4 is 0 Å². The first-order valence-electron chi connectivity index (χ1n) is 8.00. The minimum atomic E-state index is 0.358. The monoisotopic (exact) mass is 256 g/mol. The molecule has 0 nitrogen and oxygen atoms in total. The summed E-state index contributed by atoms with van der Waals surface area (Å²) in [5, 5.41) is 0. The summed E-state index contributed by atoms with van der Waals surface area (Å²) >= 11 is 0. The van der Waals surface area contributed by atoms with Crippen molar-refractivity contribution in [1.29, 1.82) is 0 Å². The van der Waals surface area contributed by atoms with E-state index >= 15 is 0 Å². The van der Waals surface area contributed by atoms with E-state index in [0.717, 1.165) is 11.8 Å². The van der Waals surface area contributed by atoms with Gasteiger partial charge in [-0.15, -0.1) is 0 Å². The molecule has 0 saturated heterocycles. The van der Waals surface area contributed by atoms with Gasteiger partial charge in [-0.3, -0.25) is 0 Å². The fraction of sp³-hybridized carbons (Fsp3) is 0.684. The summed E-state index contributed by atoms with van der Waals surface area (Å²) in [6.07, 6.45) is 5.39. The summed E-state index contributed by atoms with van der Waals surface area (Å²) in [7, 11) is 0. The molecular weight excluding hydrogens is 228 g/mol. The molecule has 2 atom stereocenters. The first-order valence-corrected chi connectivity index (χ1v) is 8.00. The van der Waals surface area contributed by atoms with Crippen LogP contribution in [0.2, 0.25) is 0 Å². The van der Waals surface area contributed by atoms with Crippen LogP contribution in [0.3, 0.4) is 0 Å². The molecule has 19 heavy (non-hydrogen) atoms. The SMILES string of the molecule is CCC1CC1c1ccc2c(c1)C(C)(C)CCC2(C)C. The van der Waals surface area contributed by atoms with Crippen molar-refractivity contribution in [3.8, 4) is 0 Å². The molecule has 2 unspecified atom stereocenters. The Bertz CT molecular complexity index is 493. The van der Waals surface area contributed by atoms with Gasteiger partial charge in [0.2, 0.25) is 0 Å². The van der Waals surface area contributed by atoms with E-state index in [-0.39, 0.29) is 0 Å². The highest BCUT2D eigenvalue weighted by Gasteiger charge is 2.40. The Balaban J connectivity index is 2.03. The van der Waals surface area contributed by atoms with Gasteiger partial charge in [-0.05, 0) is 58.6 Å². The lowest BCUT2D eigenvalue weighted by Crippen LogP contribution is -2.33. The van der Waals surface area contributed by atoms with Crippen molar-refractivity contribution in [1.82, 2.24) is 0 Å². The molecule has 2 aliphatic rings. The third-order valence-corrected chi connectivity index (χ3v) is 5.75. The maximum atomic E-state index is 2.55. The molecule has 104 valence electrons. The van der Waals surface area contributed by atoms with Crippen LogP contribution in [-0.4, -0.2) is 0 Å². The van der Waals surface area contributed by atoms with E-state index in [1.807, 2.05) is 0 Å². The highest BCUT2D eigenvalue weighted by atomic mass is 14.4. The van der Waals surface area contributed by atoms with Crippen LogP contribution in [0.4, 0.5) is 0 Å². The molecule has 1 aromatic carbocycles. The van der Waals surface area contributed by atoms with Crippen LogP contribution in [0, 0.1) is 5.92 Å². The van der Waals surface area contributed by atoms with Crippen LogP contribution >= 0.6 is 0 Å². The number of hydrogen-bond acceptors (Lipinski definition) is 0. The Morgan fingerprint density at radius 1 is 1.00 bits per heavy atom. The lowest BCUT2D eigenvalue weighted by molar-refractivity contribution is 0.331. The van der Waals surface area contributed by atoms with Gasteiger partial charge in [0, 0.05) is 0 Å². The van der Waals surface area contributed by atoms with Gasteiger partial charge in [-0.2, -0.15) is 0 Å². The van der Waals surface area contributed by atoms with E-state index in [0.29, 0.717) is 10.8 Å². The zero-order chi connectivity index (χ0) is 13.8. The van der Waals surface area contributed by atoms with E-state index < -0.39 is 0 Å². The summed E-state index contributed by atoms with van der Waals surface area (Å²) < 4.78 is 0. The molecule has 0 amide bonds. The van der Waals surface area contributed by atoms with Gasteiger partial charge < -0.3 is 0 Å².